The average molecular weight is 324 g/mol. The molecule has 7 heteroatoms. The van der Waals surface area contributed by atoms with Gasteiger partial charge < -0.3 is 0 Å². The Bertz CT molecular complexity index is 626. The monoisotopic (exact) mass is 324 g/mol. The Balaban J connectivity index is 1.70. The van der Waals surface area contributed by atoms with Crippen molar-refractivity contribution in [3.8, 4) is 0 Å². The molecule has 0 spiro atoms. The fraction of sp³-hybridized carbons (Fsp3) is 0.733. The molecule has 0 amide bonds. The van der Waals surface area contributed by atoms with Gasteiger partial charge in [0.1, 0.15) is 0 Å². The first-order chi connectivity index (χ1) is 10.4. The van der Waals surface area contributed by atoms with Crippen LogP contribution in [0.4, 0.5) is 0 Å². The number of likely N-dealkylation sites (tertiary alicyclic amines) is 1. The zero-order valence-electron chi connectivity index (χ0n) is 13.3. The van der Waals surface area contributed by atoms with Crippen molar-refractivity contribution < 1.29 is 8.42 Å². The molecule has 1 atom stereocenters. The minimum Gasteiger partial charge on any atom is -0.292 e. The molecule has 3 heterocycles. The van der Waals surface area contributed by atoms with Crippen LogP contribution in [0.5, 0.6) is 0 Å². The molecule has 3 rings (SSSR count). The molecular weight excluding hydrogens is 300 g/mol. The highest BCUT2D eigenvalue weighted by Gasteiger charge is 2.35. The van der Waals surface area contributed by atoms with Crippen LogP contribution in [0, 0.1) is 6.92 Å². The van der Waals surface area contributed by atoms with Gasteiger partial charge in [0.05, 0.1) is 23.7 Å². The van der Waals surface area contributed by atoms with Gasteiger partial charge in [0.25, 0.3) is 0 Å². The summed E-state index contributed by atoms with van der Waals surface area (Å²) in [7, 11) is -3.05. The topological polar surface area (TPSA) is 66.4 Å². The van der Waals surface area contributed by atoms with Crippen molar-refractivity contribution in [3.05, 3.63) is 23.8 Å². The third-order valence-electron chi connectivity index (χ3n) is 4.77. The second kappa shape index (κ2) is 6.22. The van der Waals surface area contributed by atoms with Crippen LogP contribution in [0.15, 0.2) is 12.4 Å². The summed E-state index contributed by atoms with van der Waals surface area (Å²) in [6, 6.07) is 0.787. The first kappa shape index (κ1) is 15.8. The van der Waals surface area contributed by atoms with E-state index in [1.54, 1.807) is 10.5 Å². The predicted molar refractivity (Wildman–Crippen MR) is 84.9 cm³/mol. The molecule has 22 heavy (non-hydrogen) atoms. The summed E-state index contributed by atoms with van der Waals surface area (Å²) in [4.78, 5) is 11.4. The van der Waals surface area contributed by atoms with Gasteiger partial charge in [-0.25, -0.2) is 12.7 Å². The zero-order valence-corrected chi connectivity index (χ0v) is 14.1. The number of aryl methyl sites for hydroxylation is 1. The molecule has 2 saturated heterocycles. The van der Waals surface area contributed by atoms with E-state index < -0.39 is 10.0 Å². The second-order valence-corrected chi connectivity index (χ2v) is 8.36. The van der Waals surface area contributed by atoms with E-state index in [2.05, 4.69) is 14.9 Å². The number of sulfonamides is 1. The van der Waals surface area contributed by atoms with E-state index in [0.717, 1.165) is 37.2 Å². The molecule has 6 nitrogen and oxygen atoms in total. The van der Waals surface area contributed by atoms with Crippen LogP contribution < -0.4 is 0 Å². The highest BCUT2D eigenvalue weighted by Crippen LogP contribution is 2.35. The van der Waals surface area contributed by atoms with E-state index in [4.69, 9.17) is 0 Å². The first-order valence-electron chi connectivity index (χ1n) is 7.94. The number of nitrogens with zero attached hydrogens (tertiary/aromatic N) is 4. The fourth-order valence-electron chi connectivity index (χ4n) is 3.69. The molecule has 0 aromatic carbocycles. The lowest BCUT2D eigenvalue weighted by atomic mass is 10.0. The lowest BCUT2D eigenvalue weighted by molar-refractivity contribution is 0.125. The second-order valence-electron chi connectivity index (χ2n) is 6.37. The van der Waals surface area contributed by atoms with Crippen LogP contribution in [-0.4, -0.2) is 59.5 Å². The van der Waals surface area contributed by atoms with Crippen LogP contribution in [0.25, 0.3) is 0 Å². The molecule has 1 unspecified atom stereocenters. The SMILES string of the molecule is Cc1cncc(C2CCCN2C2CCN(S(C)(=O)=O)CC2)n1. The normalized spacial score (nSPS) is 25.6. The lowest BCUT2D eigenvalue weighted by Gasteiger charge is -2.38. The molecule has 0 saturated carbocycles. The maximum atomic E-state index is 11.6. The fourth-order valence-corrected chi connectivity index (χ4v) is 4.57. The summed E-state index contributed by atoms with van der Waals surface area (Å²) in [5, 5.41) is 0. The highest BCUT2D eigenvalue weighted by atomic mass is 32.2. The predicted octanol–water partition coefficient (Wildman–Crippen LogP) is 1.35. The van der Waals surface area contributed by atoms with Crippen LogP contribution in [0.3, 0.4) is 0 Å². The van der Waals surface area contributed by atoms with Crippen molar-refractivity contribution in [2.24, 2.45) is 0 Å². The summed E-state index contributed by atoms with van der Waals surface area (Å²) < 4.78 is 24.9. The summed E-state index contributed by atoms with van der Waals surface area (Å²) >= 11 is 0. The summed E-state index contributed by atoms with van der Waals surface area (Å²) in [6.07, 6.45) is 9.06. The number of piperidine rings is 1. The Labute approximate surface area is 132 Å². The first-order valence-corrected chi connectivity index (χ1v) is 9.79. The van der Waals surface area contributed by atoms with E-state index in [9.17, 15) is 8.42 Å². The van der Waals surface area contributed by atoms with E-state index >= 15 is 0 Å². The maximum absolute atomic E-state index is 11.6. The Morgan fingerprint density at radius 1 is 1.14 bits per heavy atom. The van der Waals surface area contributed by atoms with Crippen LogP contribution >= 0.6 is 0 Å². The van der Waals surface area contributed by atoms with Crippen molar-refractivity contribution in [2.75, 3.05) is 25.9 Å². The highest BCUT2D eigenvalue weighted by molar-refractivity contribution is 7.88. The van der Waals surface area contributed by atoms with E-state index in [-0.39, 0.29) is 0 Å². The molecule has 2 aliphatic heterocycles. The molecule has 0 N–H and O–H groups in total. The Kier molecular flexibility index (Phi) is 4.47. The van der Waals surface area contributed by atoms with Crippen molar-refractivity contribution in [3.63, 3.8) is 0 Å². The van der Waals surface area contributed by atoms with Gasteiger partial charge in [0, 0.05) is 31.5 Å². The van der Waals surface area contributed by atoms with Gasteiger partial charge in [0.2, 0.25) is 10.0 Å². The Morgan fingerprint density at radius 2 is 1.86 bits per heavy atom. The number of hydrogen-bond acceptors (Lipinski definition) is 5. The van der Waals surface area contributed by atoms with Gasteiger partial charge in [-0.3, -0.25) is 14.9 Å². The van der Waals surface area contributed by atoms with Crippen molar-refractivity contribution in [2.45, 2.75) is 44.7 Å². The molecule has 0 radical (unpaired) electrons. The third-order valence-corrected chi connectivity index (χ3v) is 6.07. The van der Waals surface area contributed by atoms with Gasteiger partial charge in [-0.1, -0.05) is 0 Å². The van der Waals surface area contributed by atoms with Crippen LogP contribution in [0.2, 0.25) is 0 Å². The minimum atomic E-state index is -3.05. The van der Waals surface area contributed by atoms with Gasteiger partial charge in [0.15, 0.2) is 0 Å². The smallest absolute Gasteiger partial charge is 0.211 e. The van der Waals surface area contributed by atoms with Crippen molar-refractivity contribution >= 4 is 10.0 Å². The molecular formula is C15H24N4O2S. The number of aromatic nitrogens is 2. The molecule has 122 valence electrons. The van der Waals surface area contributed by atoms with E-state index in [1.807, 2.05) is 13.1 Å². The molecule has 2 aliphatic rings. The standard InChI is InChI=1S/C15H24N4O2S/c1-12-10-16-11-14(17-12)15-4-3-7-19(15)13-5-8-18(9-6-13)22(2,20)21/h10-11,13,15H,3-9H2,1-2H3. The number of rotatable bonds is 3. The molecule has 1 aromatic heterocycles. The average Bonchev–Trinajstić information content (AvgIpc) is 2.96. The summed E-state index contributed by atoms with van der Waals surface area (Å²) in [6.45, 7) is 4.31. The lowest BCUT2D eigenvalue weighted by Crippen LogP contribution is -2.46. The van der Waals surface area contributed by atoms with Crippen molar-refractivity contribution in [1.82, 2.24) is 19.2 Å². The van der Waals surface area contributed by atoms with Gasteiger partial charge >= 0.3 is 0 Å². The molecule has 0 bridgehead atoms. The molecule has 0 aliphatic carbocycles. The van der Waals surface area contributed by atoms with Gasteiger partial charge in [-0.05, 0) is 39.2 Å². The Hall–Kier alpha value is -1.05. The summed E-state index contributed by atoms with van der Waals surface area (Å²) in [5.74, 6) is 0. The van der Waals surface area contributed by atoms with Gasteiger partial charge in [-0.2, -0.15) is 0 Å². The van der Waals surface area contributed by atoms with Crippen LogP contribution in [-0.2, 0) is 10.0 Å². The molecule has 2 fully saturated rings. The summed E-state index contributed by atoms with van der Waals surface area (Å²) in [5.41, 5.74) is 2.01. The van der Waals surface area contributed by atoms with E-state index in [0.29, 0.717) is 25.2 Å². The zero-order chi connectivity index (χ0) is 15.7. The molecule has 1 aromatic rings. The Morgan fingerprint density at radius 3 is 2.50 bits per heavy atom. The van der Waals surface area contributed by atoms with E-state index in [1.165, 1.54) is 12.7 Å². The maximum Gasteiger partial charge on any atom is 0.211 e. The number of hydrogen-bond donors (Lipinski definition) is 0. The minimum absolute atomic E-state index is 0.335. The van der Waals surface area contributed by atoms with Gasteiger partial charge in [-0.15, -0.1) is 0 Å². The van der Waals surface area contributed by atoms with Crippen molar-refractivity contribution in [1.29, 1.82) is 0 Å². The third kappa shape index (κ3) is 3.31. The quantitative estimate of drug-likeness (QED) is 0.839. The van der Waals surface area contributed by atoms with Crippen LogP contribution in [0.1, 0.15) is 43.1 Å². The largest absolute Gasteiger partial charge is 0.292 e.